The Morgan fingerprint density at radius 1 is 0.571 bits per heavy atom. The molecule has 86 valence electrons. The molecule has 14 heavy (non-hydrogen) atoms. The zero-order chi connectivity index (χ0) is 10.8. The van der Waals surface area contributed by atoms with Gasteiger partial charge in [-0.05, 0) is 27.7 Å². The van der Waals surface area contributed by atoms with Gasteiger partial charge in [-0.2, -0.15) is 0 Å². The fraction of sp³-hybridized carbons (Fsp3) is 1.00. The van der Waals surface area contributed by atoms with Crippen molar-refractivity contribution in [3.05, 3.63) is 0 Å². The summed E-state index contributed by atoms with van der Waals surface area (Å²) in [5.74, 6) is 0. The highest BCUT2D eigenvalue weighted by atomic mass is 32.1. The van der Waals surface area contributed by atoms with Crippen molar-refractivity contribution in [3.63, 3.8) is 0 Å². The predicted octanol–water partition coefficient (Wildman–Crippen LogP) is 3.67. The van der Waals surface area contributed by atoms with E-state index in [-0.39, 0.29) is 0 Å². The molecule has 0 aliphatic heterocycles. The van der Waals surface area contributed by atoms with Gasteiger partial charge in [0.1, 0.15) is 0 Å². The molecule has 0 bridgehead atoms. The lowest BCUT2D eigenvalue weighted by Crippen LogP contribution is -1.95. The third-order valence-electron chi connectivity index (χ3n) is 1.09. The van der Waals surface area contributed by atoms with Crippen LogP contribution in [0.3, 0.4) is 0 Å². The third-order valence-corrected chi connectivity index (χ3v) is 5.46. The molecule has 0 aliphatic rings. The first-order chi connectivity index (χ1) is 6.79. The maximum atomic E-state index is 5.47. The van der Waals surface area contributed by atoms with E-state index in [2.05, 4.69) is 0 Å². The van der Waals surface area contributed by atoms with Gasteiger partial charge >= 0.3 is 0 Å². The Bertz CT molecular complexity index is 99.9. The van der Waals surface area contributed by atoms with Crippen LogP contribution in [-0.2, 0) is 18.1 Å². The molecular formula is C8H20O4P2. The van der Waals surface area contributed by atoms with Gasteiger partial charge in [-0.15, -0.1) is 0 Å². The van der Waals surface area contributed by atoms with Crippen molar-refractivity contribution >= 4 is 16.1 Å². The van der Waals surface area contributed by atoms with Crippen LogP contribution in [0.4, 0.5) is 0 Å². The highest BCUT2D eigenvalue weighted by molar-refractivity contribution is 8.21. The Hall–Kier alpha value is 0.700. The van der Waals surface area contributed by atoms with Crippen LogP contribution in [-0.4, -0.2) is 26.4 Å². The maximum absolute atomic E-state index is 5.47. The molecule has 0 aromatic carbocycles. The van der Waals surface area contributed by atoms with Crippen LogP contribution < -0.4 is 0 Å². The number of hydrogen-bond donors (Lipinski definition) is 0. The average molecular weight is 242 g/mol. The smallest absolute Gasteiger partial charge is 0.256 e. The van der Waals surface area contributed by atoms with E-state index in [0.29, 0.717) is 26.4 Å². The van der Waals surface area contributed by atoms with Crippen LogP contribution in [0.15, 0.2) is 0 Å². The molecule has 0 unspecified atom stereocenters. The molecule has 0 aliphatic carbocycles. The molecule has 0 spiro atoms. The molecule has 0 heterocycles. The van der Waals surface area contributed by atoms with E-state index in [1.807, 2.05) is 27.7 Å². The minimum Gasteiger partial charge on any atom is -0.328 e. The maximum Gasteiger partial charge on any atom is 0.256 e. The zero-order valence-corrected chi connectivity index (χ0v) is 11.1. The van der Waals surface area contributed by atoms with Gasteiger partial charge in [-0.25, -0.2) is 0 Å². The summed E-state index contributed by atoms with van der Waals surface area (Å²) in [5.41, 5.74) is 0. The standard InChI is InChI=1S/C8H20O4P2/c1-5-9-13(10-6-2)14(11-7-3)12-8-4/h5-8H2,1-4H3. The number of rotatable bonds is 9. The Labute approximate surface area is 89.0 Å². The Morgan fingerprint density at radius 2 is 0.786 bits per heavy atom. The molecule has 0 atom stereocenters. The summed E-state index contributed by atoms with van der Waals surface area (Å²) in [6.45, 7) is 10.3. The van der Waals surface area contributed by atoms with Crippen LogP contribution in [0.5, 0.6) is 0 Å². The molecule has 6 heteroatoms. The molecule has 4 nitrogen and oxygen atoms in total. The highest BCUT2D eigenvalue weighted by Crippen LogP contribution is 2.71. The molecular weight excluding hydrogens is 222 g/mol. The van der Waals surface area contributed by atoms with Crippen molar-refractivity contribution in [2.75, 3.05) is 26.4 Å². The van der Waals surface area contributed by atoms with Crippen molar-refractivity contribution in [3.8, 4) is 0 Å². The fourth-order valence-electron chi connectivity index (χ4n) is 0.705. The monoisotopic (exact) mass is 242 g/mol. The fourth-order valence-corrected chi connectivity index (χ4v) is 4.63. The summed E-state index contributed by atoms with van der Waals surface area (Å²) in [6, 6.07) is 0. The van der Waals surface area contributed by atoms with Crippen LogP contribution in [0.1, 0.15) is 27.7 Å². The minimum atomic E-state index is -1.02. The van der Waals surface area contributed by atoms with Crippen LogP contribution in [0, 0.1) is 0 Å². The van der Waals surface area contributed by atoms with Crippen molar-refractivity contribution in [1.29, 1.82) is 0 Å². The zero-order valence-electron chi connectivity index (χ0n) is 9.36. The van der Waals surface area contributed by atoms with Crippen LogP contribution >= 0.6 is 16.1 Å². The van der Waals surface area contributed by atoms with Crippen molar-refractivity contribution in [2.45, 2.75) is 27.7 Å². The normalized spacial score (nSPS) is 11.6. The highest BCUT2D eigenvalue weighted by Gasteiger charge is 2.26. The molecule has 0 N–H and O–H groups in total. The Kier molecular flexibility index (Phi) is 10.7. The summed E-state index contributed by atoms with van der Waals surface area (Å²) < 4.78 is 21.9. The van der Waals surface area contributed by atoms with Gasteiger partial charge in [-0.1, -0.05) is 0 Å². The molecule has 0 rings (SSSR count). The van der Waals surface area contributed by atoms with E-state index in [9.17, 15) is 0 Å². The Morgan fingerprint density at radius 3 is 0.929 bits per heavy atom. The van der Waals surface area contributed by atoms with E-state index in [1.54, 1.807) is 0 Å². The SMILES string of the molecule is CCOP(OCC)P(OCC)OCC. The summed E-state index contributed by atoms with van der Waals surface area (Å²) in [5, 5.41) is 0. The van der Waals surface area contributed by atoms with Gasteiger partial charge in [0.2, 0.25) is 0 Å². The van der Waals surface area contributed by atoms with Crippen molar-refractivity contribution < 1.29 is 18.1 Å². The van der Waals surface area contributed by atoms with Gasteiger partial charge in [0.25, 0.3) is 16.1 Å². The van der Waals surface area contributed by atoms with E-state index in [4.69, 9.17) is 18.1 Å². The molecule has 0 saturated heterocycles. The largest absolute Gasteiger partial charge is 0.328 e. The summed E-state index contributed by atoms with van der Waals surface area (Å²) in [7, 11) is -2.03. The lowest BCUT2D eigenvalue weighted by Gasteiger charge is -2.23. The van der Waals surface area contributed by atoms with E-state index in [0.717, 1.165) is 0 Å². The van der Waals surface area contributed by atoms with Crippen molar-refractivity contribution in [1.82, 2.24) is 0 Å². The second kappa shape index (κ2) is 10.2. The van der Waals surface area contributed by atoms with Gasteiger partial charge in [0.05, 0.1) is 26.4 Å². The summed E-state index contributed by atoms with van der Waals surface area (Å²) in [6.07, 6.45) is 0. The first-order valence-electron chi connectivity index (χ1n) is 4.91. The Balaban J connectivity index is 4.06. The van der Waals surface area contributed by atoms with Gasteiger partial charge in [-0.3, -0.25) is 0 Å². The van der Waals surface area contributed by atoms with Gasteiger partial charge in [0.15, 0.2) is 0 Å². The lowest BCUT2D eigenvalue weighted by molar-refractivity contribution is 0.248. The second-order valence-electron chi connectivity index (χ2n) is 2.15. The molecule has 0 saturated carbocycles. The predicted molar refractivity (Wildman–Crippen MR) is 60.3 cm³/mol. The topological polar surface area (TPSA) is 36.9 Å². The minimum absolute atomic E-state index is 0.630. The van der Waals surface area contributed by atoms with E-state index < -0.39 is 16.1 Å². The van der Waals surface area contributed by atoms with E-state index in [1.165, 1.54) is 0 Å². The summed E-state index contributed by atoms with van der Waals surface area (Å²) in [4.78, 5) is 0. The van der Waals surface area contributed by atoms with E-state index >= 15 is 0 Å². The van der Waals surface area contributed by atoms with Crippen LogP contribution in [0.2, 0.25) is 0 Å². The third kappa shape index (κ3) is 6.23. The van der Waals surface area contributed by atoms with Gasteiger partial charge < -0.3 is 18.1 Å². The van der Waals surface area contributed by atoms with Crippen molar-refractivity contribution in [2.24, 2.45) is 0 Å². The first kappa shape index (κ1) is 14.7. The van der Waals surface area contributed by atoms with Gasteiger partial charge in [0, 0.05) is 0 Å². The molecule has 0 aromatic rings. The number of hydrogen-bond acceptors (Lipinski definition) is 4. The molecule has 0 fully saturated rings. The van der Waals surface area contributed by atoms with Crippen LogP contribution in [0.25, 0.3) is 0 Å². The second-order valence-corrected chi connectivity index (χ2v) is 6.09. The quantitative estimate of drug-likeness (QED) is 0.578. The molecule has 0 amide bonds. The summed E-state index contributed by atoms with van der Waals surface area (Å²) >= 11 is 0. The molecule has 0 aromatic heterocycles. The average Bonchev–Trinajstić information content (AvgIpc) is 2.17. The molecule has 0 radical (unpaired) electrons. The lowest BCUT2D eigenvalue weighted by atomic mass is 10.9. The first-order valence-corrected chi connectivity index (χ1v) is 7.97.